The van der Waals surface area contributed by atoms with Gasteiger partial charge < -0.3 is 5.32 Å². The minimum absolute atomic E-state index is 0.0226. The van der Waals surface area contributed by atoms with Gasteiger partial charge in [-0.05, 0) is 30.5 Å². The molecule has 1 saturated heterocycles. The summed E-state index contributed by atoms with van der Waals surface area (Å²) in [4.78, 5) is 11.3. The Morgan fingerprint density at radius 1 is 1.53 bits per heavy atom. The van der Waals surface area contributed by atoms with Crippen LogP contribution in [-0.4, -0.2) is 12.5 Å². The van der Waals surface area contributed by atoms with Crippen LogP contribution in [0.25, 0.3) is 0 Å². The van der Waals surface area contributed by atoms with Gasteiger partial charge in [0, 0.05) is 12.5 Å². The third-order valence-corrected chi connectivity index (χ3v) is 2.94. The Labute approximate surface area is 92.4 Å². The number of carbonyl (C=O) groups excluding carboxylic acids is 1. The Balaban J connectivity index is 2.10. The zero-order chi connectivity index (χ0) is 10.8. The van der Waals surface area contributed by atoms with Crippen molar-refractivity contribution in [3.8, 4) is 0 Å². The predicted octanol–water partition coefficient (Wildman–Crippen LogP) is 2.16. The van der Waals surface area contributed by atoms with Crippen molar-refractivity contribution in [2.45, 2.75) is 12.8 Å². The van der Waals surface area contributed by atoms with Crippen LogP contribution in [0.5, 0.6) is 0 Å². The van der Waals surface area contributed by atoms with Gasteiger partial charge in [0.25, 0.3) is 0 Å². The average Bonchev–Trinajstić information content (AvgIpc) is 2.59. The second-order valence-corrected chi connectivity index (χ2v) is 4.14. The summed E-state index contributed by atoms with van der Waals surface area (Å²) < 4.78 is 13.1. The van der Waals surface area contributed by atoms with Crippen LogP contribution < -0.4 is 5.32 Å². The molecule has 1 aliphatic heterocycles. The van der Waals surface area contributed by atoms with Gasteiger partial charge in [-0.25, -0.2) is 4.39 Å². The highest BCUT2D eigenvalue weighted by molar-refractivity contribution is 6.30. The molecule has 0 aromatic heterocycles. The standard InChI is InChI=1S/C11H11ClFNO/c12-9-2-1-7(6-10(9)13)5-8-3-4-14-11(8)15/h1-2,6,8H,3-5H2,(H,14,15). The van der Waals surface area contributed by atoms with Crippen LogP contribution in [0.1, 0.15) is 12.0 Å². The number of hydrogen-bond donors (Lipinski definition) is 1. The molecule has 1 aromatic rings. The predicted molar refractivity (Wildman–Crippen MR) is 56.2 cm³/mol. The Morgan fingerprint density at radius 3 is 2.93 bits per heavy atom. The normalized spacial score (nSPS) is 20.4. The van der Waals surface area contributed by atoms with E-state index in [2.05, 4.69) is 5.32 Å². The van der Waals surface area contributed by atoms with Gasteiger partial charge in [0.05, 0.1) is 5.02 Å². The maximum Gasteiger partial charge on any atom is 0.223 e. The first kappa shape index (κ1) is 10.4. The summed E-state index contributed by atoms with van der Waals surface area (Å²) in [5.41, 5.74) is 0.818. The molecule has 2 nitrogen and oxygen atoms in total. The van der Waals surface area contributed by atoms with Gasteiger partial charge in [-0.3, -0.25) is 4.79 Å². The zero-order valence-electron chi connectivity index (χ0n) is 8.09. The van der Waals surface area contributed by atoms with Crippen molar-refractivity contribution in [2.75, 3.05) is 6.54 Å². The third-order valence-electron chi connectivity index (χ3n) is 2.63. The number of hydrogen-bond acceptors (Lipinski definition) is 1. The number of rotatable bonds is 2. The summed E-state index contributed by atoms with van der Waals surface area (Å²) >= 11 is 5.57. The van der Waals surface area contributed by atoms with E-state index in [4.69, 9.17) is 11.6 Å². The molecule has 0 saturated carbocycles. The molecule has 1 aliphatic rings. The lowest BCUT2D eigenvalue weighted by atomic mass is 9.98. The van der Waals surface area contributed by atoms with Crippen molar-refractivity contribution in [3.05, 3.63) is 34.6 Å². The number of carbonyl (C=O) groups is 1. The molecule has 1 N–H and O–H groups in total. The van der Waals surface area contributed by atoms with Crippen LogP contribution in [0.3, 0.4) is 0 Å². The molecule has 0 bridgehead atoms. The van der Waals surface area contributed by atoms with Gasteiger partial charge in [-0.1, -0.05) is 17.7 Å². The first-order chi connectivity index (χ1) is 7.16. The van der Waals surface area contributed by atoms with Crippen molar-refractivity contribution in [1.82, 2.24) is 5.32 Å². The van der Waals surface area contributed by atoms with Gasteiger partial charge in [0.2, 0.25) is 5.91 Å². The van der Waals surface area contributed by atoms with E-state index in [-0.39, 0.29) is 16.8 Å². The maximum atomic E-state index is 13.1. The van der Waals surface area contributed by atoms with Crippen molar-refractivity contribution in [2.24, 2.45) is 5.92 Å². The Morgan fingerprint density at radius 2 is 2.33 bits per heavy atom. The topological polar surface area (TPSA) is 29.1 Å². The van der Waals surface area contributed by atoms with Gasteiger partial charge in [0.1, 0.15) is 5.82 Å². The van der Waals surface area contributed by atoms with E-state index < -0.39 is 5.82 Å². The number of nitrogens with one attached hydrogen (secondary N) is 1. The van der Waals surface area contributed by atoms with E-state index in [9.17, 15) is 9.18 Å². The maximum absolute atomic E-state index is 13.1. The van der Waals surface area contributed by atoms with Crippen LogP contribution in [-0.2, 0) is 11.2 Å². The highest BCUT2D eigenvalue weighted by Gasteiger charge is 2.24. The molecule has 15 heavy (non-hydrogen) atoms. The summed E-state index contributed by atoms with van der Waals surface area (Å²) in [6.07, 6.45) is 1.41. The Hall–Kier alpha value is -1.09. The van der Waals surface area contributed by atoms with Crippen LogP contribution in [0, 0.1) is 11.7 Å². The first-order valence-corrected chi connectivity index (χ1v) is 5.26. The van der Waals surface area contributed by atoms with Crippen molar-refractivity contribution >= 4 is 17.5 Å². The lowest BCUT2D eigenvalue weighted by Gasteiger charge is -2.07. The van der Waals surface area contributed by atoms with E-state index in [1.54, 1.807) is 6.07 Å². The van der Waals surface area contributed by atoms with Crippen LogP contribution in [0.2, 0.25) is 5.02 Å². The van der Waals surface area contributed by atoms with E-state index in [1.807, 2.05) is 0 Å². The molecular formula is C11H11ClFNO. The van der Waals surface area contributed by atoms with Crippen LogP contribution in [0.15, 0.2) is 18.2 Å². The second-order valence-electron chi connectivity index (χ2n) is 3.73. The zero-order valence-corrected chi connectivity index (χ0v) is 8.85. The van der Waals surface area contributed by atoms with Gasteiger partial charge in [0.15, 0.2) is 0 Å². The molecule has 1 amide bonds. The SMILES string of the molecule is O=C1NCCC1Cc1ccc(Cl)c(F)c1. The van der Waals surface area contributed by atoms with Gasteiger partial charge >= 0.3 is 0 Å². The fourth-order valence-corrected chi connectivity index (χ4v) is 1.91. The molecule has 1 atom stereocenters. The van der Waals surface area contributed by atoms with E-state index >= 15 is 0 Å². The lowest BCUT2D eigenvalue weighted by molar-refractivity contribution is -0.122. The lowest BCUT2D eigenvalue weighted by Crippen LogP contribution is -2.20. The molecule has 1 aromatic carbocycles. The molecule has 1 heterocycles. The fraction of sp³-hybridized carbons (Fsp3) is 0.364. The van der Waals surface area contributed by atoms with E-state index in [0.717, 1.165) is 18.5 Å². The summed E-state index contributed by atoms with van der Waals surface area (Å²) in [7, 11) is 0. The number of halogens is 2. The smallest absolute Gasteiger partial charge is 0.223 e. The van der Waals surface area contributed by atoms with Crippen LogP contribution >= 0.6 is 11.6 Å². The fourth-order valence-electron chi connectivity index (χ4n) is 1.79. The van der Waals surface area contributed by atoms with Gasteiger partial charge in [-0.2, -0.15) is 0 Å². The summed E-state index contributed by atoms with van der Waals surface area (Å²) in [6, 6.07) is 4.68. The minimum atomic E-state index is -0.424. The molecule has 0 aliphatic carbocycles. The molecule has 80 valence electrons. The number of benzene rings is 1. The monoisotopic (exact) mass is 227 g/mol. The molecule has 0 spiro atoms. The third kappa shape index (κ3) is 2.29. The molecule has 2 rings (SSSR count). The molecular weight excluding hydrogens is 217 g/mol. The largest absolute Gasteiger partial charge is 0.356 e. The highest BCUT2D eigenvalue weighted by atomic mass is 35.5. The quantitative estimate of drug-likeness (QED) is 0.824. The summed E-state index contributed by atoms with van der Waals surface area (Å²) in [5.74, 6) is -0.386. The second kappa shape index (κ2) is 4.19. The number of amides is 1. The van der Waals surface area contributed by atoms with Crippen molar-refractivity contribution < 1.29 is 9.18 Å². The van der Waals surface area contributed by atoms with E-state index in [1.165, 1.54) is 12.1 Å². The Bertz CT molecular complexity index is 394. The van der Waals surface area contributed by atoms with Crippen molar-refractivity contribution in [3.63, 3.8) is 0 Å². The first-order valence-electron chi connectivity index (χ1n) is 4.88. The average molecular weight is 228 g/mol. The van der Waals surface area contributed by atoms with Gasteiger partial charge in [-0.15, -0.1) is 0 Å². The van der Waals surface area contributed by atoms with Crippen molar-refractivity contribution in [1.29, 1.82) is 0 Å². The Kier molecular flexibility index (Phi) is 2.91. The minimum Gasteiger partial charge on any atom is -0.356 e. The molecule has 1 unspecified atom stereocenters. The molecule has 0 radical (unpaired) electrons. The highest BCUT2D eigenvalue weighted by Crippen LogP contribution is 2.20. The van der Waals surface area contributed by atoms with Crippen LogP contribution in [0.4, 0.5) is 4.39 Å². The van der Waals surface area contributed by atoms with E-state index in [0.29, 0.717) is 6.42 Å². The summed E-state index contributed by atoms with van der Waals surface area (Å²) in [6.45, 7) is 0.722. The molecule has 1 fully saturated rings. The molecule has 4 heteroatoms. The summed E-state index contributed by atoms with van der Waals surface area (Å²) in [5, 5.41) is 2.88.